The van der Waals surface area contributed by atoms with Crippen molar-refractivity contribution < 1.29 is 13.2 Å². The summed E-state index contributed by atoms with van der Waals surface area (Å²) < 4.78 is 26.7. The molecule has 0 aliphatic carbocycles. The van der Waals surface area contributed by atoms with E-state index in [1.807, 2.05) is 32.0 Å². The number of sulfonamides is 1. The number of aryl methyl sites for hydroxylation is 2. The van der Waals surface area contributed by atoms with Gasteiger partial charge < -0.3 is 5.32 Å². The van der Waals surface area contributed by atoms with Gasteiger partial charge in [-0.15, -0.1) is 0 Å². The standard InChI is InChI=1S/C18H22N2O3S/c1-12(2)20-24(22,23)16-10-8-15(9-11-16)18(21)19-17-13(3)6-5-7-14(17)4/h5-12,20H,1-4H3,(H,19,21). The first kappa shape index (κ1) is 18.2. The summed E-state index contributed by atoms with van der Waals surface area (Å²) in [4.78, 5) is 12.5. The molecule has 0 spiro atoms. The van der Waals surface area contributed by atoms with E-state index in [4.69, 9.17) is 0 Å². The van der Waals surface area contributed by atoms with Crippen molar-refractivity contribution in [3.8, 4) is 0 Å². The van der Waals surface area contributed by atoms with Crippen LogP contribution >= 0.6 is 0 Å². The van der Waals surface area contributed by atoms with Gasteiger partial charge in [0.05, 0.1) is 4.90 Å². The average molecular weight is 346 g/mol. The normalized spacial score (nSPS) is 11.5. The molecule has 0 saturated heterocycles. The van der Waals surface area contributed by atoms with Crippen LogP contribution in [0.3, 0.4) is 0 Å². The highest BCUT2D eigenvalue weighted by Gasteiger charge is 2.16. The number of carbonyl (C=O) groups is 1. The van der Waals surface area contributed by atoms with E-state index in [0.29, 0.717) is 5.56 Å². The SMILES string of the molecule is Cc1cccc(C)c1NC(=O)c1ccc(S(=O)(=O)NC(C)C)cc1. The van der Waals surface area contributed by atoms with Crippen LogP contribution in [0.5, 0.6) is 0 Å². The van der Waals surface area contributed by atoms with Gasteiger partial charge in [0.15, 0.2) is 0 Å². The zero-order chi connectivity index (χ0) is 17.9. The predicted molar refractivity (Wildman–Crippen MR) is 95.8 cm³/mol. The second-order valence-electron chi connectivity index (χ2n) is 6.02. The molecular weight excluding hydrogens is 324 g/mol. The molecule has 0 atom stereocenters. The van der Waals surface area contributed by atoms with Crippen molar-refractivity contribution in [3.63, 3.8) is 0 Å². The molecule has 0 aliphatic heterocycles. The van der Waals surface area contributed by atoms with Gasteiger partial charge in [-0.25, -0.2) is 13.1 Å². The fourth-order valence-electron chi connectivity index (χ4n) is 2.36. The van der Waals surface area contributed by atoms with Crippen molar-refractivity contribution in [2.24, 2.45) is 0 Å². The Morgan fingerprint density at radius 2 is 1.50 bits per heavy atom. The molecule has 0 aliphatic rings. The molecule has 0 saturated carbocycles. The highest BCUT2D eigenvalue weighted by Crippen LogP contribution is 2.20. The first-order valence-corrected chi connectivity index (χ1v) is 9.19. The number of nitrogens with one attached hydrogen (secondary N) is 2. The number of para-hydroxylation sites is 1. The van der Waals surface area contributed by atoms with Crippen LogP contribution in [0.4, 0.5) is 5.69 Å². The van der Waals surface area contributed by atoms with Gasteiger partial charge in [-0.1, -0.05) is 18.2 Å². The van der Waals surface area contributed by atoms with Gasteiger partial charge in [0.1, 0.15) is 0 Å². The maximum atomic E-state index is 12.4. The van der Waals surface area contributed by atoms with Crippen molar-refractivity contribution in [1.82, 2.24) is 4.72 Å². The van der Waals surface area contributed by atoms with E-state index in [1.165, 1.54) is 24.3 Å². The minimum Gasteiger partial charge on any atom is -0.322 e. The third-order valence-electron chi connectivity index (χ3n) is 3.54. The molecule has 0 aromatic heterocycles. The maximum Gasteiger partial charge on any atom is 0.255 e. The smallest absolute Gasteiger partial charge is 0.255 e. The molecule has 0 heterocycles. The molecule has 2 rings (SSSR count). The van der Waals surface area contributed by atoms with Gasteiger partial charge >= 0.3 is 0 Å². The van der Waals surface area contributed by atoms with Crippen LogP contribution in [0, 0.1) is 13.8 Å². The van der Waals surface area contributed by atoms with E-state index < -0.39 is 10.0 Å². The van der Waals surface area contributed by atoms with Crippen molar-refractivity contribution in [1.29, 1.82) is 0 Å². The third-order valence-corrected chi connectivity index (χ3v) is 5.21. The lowest BCUT2D eigenvalue weighted by molar-refractivity contribution is 0.102. The van der Waals surface area contributed by atoms with Crippen LogP contribution in [0.25, 0.3) is 0 Å². The Balaban J connectivity index is 2.20. The molecule has 5 nitrogen and oxygen atoms in total. The molecule has 6 heteroatoms. The van der Waals surface area contributed by atoms with Crippen LogP contribution in [0.15, 0.2) is 47.4 Å². The second kappa shape index (κ2) is 7.15. The summed E-state index contributed by atoms with van der Waals surface area (Å²) >= 11 is 0. The van der Waals surface area contributed by atoms with Gasteiger partial charge in [-0.2, -0.15) is 0 Å². The lowest BCUT2D eigenvalue weighted by atomic mass is 10.1. The highest BCUT2D eigenvalue weighted by atomic mass is 32.2. The summed E-state index contributed by atoms with van der Waals surface area (Å²) in [5.74, 6) is -0.270. The van der Waals surface area contributed by atoms with Crippen LogP contribution in [-0.4, -0.2) is 20.4 Å². The quantitative estimate of drug-likeness (QED) is 0.873. The predicted octanol–water partition coefficient (Wildman–Crippen LogP) is 3.24. The monoisotopic (exact) mass is 346 g/mol. The minimum absolute atomic E-state index is 0.139. The van der Waals surface area contributed by atoms with Gasteiger partial charge in [-0.3, -0.25) is 4.79 Å². The topological polar surface area (TPSA) is 75.3 Å². The van der Waals surface area contributed by atoms with Crippen molar-refractivity contribution in [3.05, 3.63) is 59.2 Å². The summed E-state index contributed by atoms with van der Waals surface area (Å²) in [5.41, 5.74) is 3.13. The summed E-state index contributed by atoms with van der Waals surface area (Å²) in [6.07, 6.45) is 0. The number of carbonyl (C=O) groups excluding carboxylic acids is 1. The molecule has 0 radical (unpaired) electrons. The van der Waals surface area contributed by atoms with Gasteiger partial charge in [0.25, 0.3) is 5.91 Å². The Kier molecular flexibility index (Phi) is 5.41. The molecule has 2 aromatic carbocycles. The zero-order valence-electron chi connectivity index (χ0n) is 14.3. The van der Waals surface area contributed by atoms with E-state index in [2.05, 4.69) is 10.0 Å². The van der Waals surface area contributed by atoms with Crippen LogP contribution in [-0.2, 0) is 10.0 Å². The first-order chi connectivity index (χ1) is 11.2. The molecule has 0 bridgehead atoms. The van der Waals surface area contributed by atoms with Crippen molar-refractivity contribution >= 4 is 21.6 Å². The van der Waals surface area contributed by atoms with Gasteiger partial charge in [-0.05, 0) is 63.1 Å². The zero-order valence-corrected chi connectivity index (χ0v) is 15.1. The summed E-state index contributed by atoms with van der Waals surface area (Å²) in [6, 6.07) is 11.5. The summed E-state index contributed by atoms with van der Waals surface area (Å²) in [6.45, 7) is 7.36. The first-order valence-electron chi connectivity index (χ1n) is 7.70. The summed E-state index contributed by atoms with van der Waals surface area (Å²) in [7, 11) is -3.56. The van der Waals surface area contributed by atoms with Crippen molar-refractivity contribution in [2.45, 2.75) is 38.6 Å². The van der Waals surface area contributed by atoms with Gasteiger partial charge in [0, 0.05) is 17.3 Å². The van der Waals surface area contributed by atoms with Crippen LogP contribution in [0.1, 0.15) is 35.3 Å². The lowest BCUT2D eigenvalue weighted by Gasteiger charge is -2.12. The molecule has 128 valence electrons. The largest absolute Gasteiger partial charge is 0.322 e. The highest BCUT2D eigenvalue weighted by molar-refractivity contribution is 7.89. The lowest BCUT2D eigenvalue weighted by Crippen LogP contribution is -2.30. The van der Waals surface area contributed by atoms with E-state index in [1.54, 1.807) is 13.8 Å². The van der Waals surface area contributed by atoms with E-state index in [-0.39, 0.29) is 16.8 Å². The molecule has 0 unspecified atom stereocenters. The number of hydrogen-bond donors (Lipinski definition) is 2. The number of rotatable bonds is 5. The fourth-order valence-corrected chi connectivity index (χ4v) is 3.61. The molecule has 1 amide bonds. The second-order valence-corrected chi connectivity index (χ2v) is 7.74. The molecule has 2 N–H and O–H groups in total. The minimum atomic E-state index is -3.56. The van der Waals surface area contributed by atoms with Crippen molar-refractivity contribution in [2.75, 3.05) is 5.32 Å². The number of anilines is 1. The third kappa shape index (κ3) is 4.21. The van der Waals surface area contributed by atoms with Crippen LogP contribution in [0.2, 0.25) is 0 Å². The Bertz CT molecular complexity index is 821. The molecule has 0 fully saturated rings. The van der Waals surface area contributed by atoms with E-state index in [0.717, 1.165) is 16.8 Å². The Hall–Kier alpha value is -2.18. The maximum absolute atomic E-state index is 12.4. The van der Waals surface area contributed by atoms with E-state index in [9.17, 15) is 13.2 Å². The van der Waals surface area contributed by atoms with E-state index >= 15 is 0 Å². The number of hydrogen-bond acceptors (Lipinski definition) is 3. The van der Waals surface area contributed by atoms with Gasteiger partial charge in [0.2, 0.25) is 10.0 Å². The Morgan fingerprint density at radius 3 is 2.00 bits per heavy atom. The summed E-state index contributed by atoms with van der Waals surface area (Å²) in [5, 5.41) is 2.88. The average Bonchev–Trinajstić information content (AvgIpc) is 2.50. The fraction of sp³-hybridized carbons (Fsp3) is 0.278. The molecular formula is C18H22N2O3S. The molecule has 24 heavy (non-hydrogen) atoms. The van der Waals surface area contributed by atoms with Crippen LogP contribution < -0.4 is 10.0 Å². The number of amides is 1. The molecule has 2 aromatic rings. The Morgan fingerprint density at radius 1 is 0.958 bits per heavy atom. The number of benzene rings is 2. The Labute approximate surface area is 143 Å².